The first-order chi connectivity index (χ1) is 8.16. The molecule has 0 aliphatic heterocycles. The molecule has 88 valence electrons. The van der Waals surface area contributed by atoms with Crippen molar-refractivity contribution in [1.29, 1.82) is 0 Å². The molecule has 0 spiro atoms. The zero-order valence-electron chi connectivity index (χ0n) is 8.65. The summed E-state index contributed by atoms with van der Waals surface area (Å²) in [5.74, 6) is 0.0616. The monoisotopic (exact) mass is 270 g/mol. The minimum absolute atomic E-state index is 0.0742. The molecule has 0 bridgehead atoms. The molecule has 0 aliphatic carbocycles. The van der Waals surface area contributed by atoms with Gasteiger partial charge in [-0.2, -0.15) is 0 Å². The summed E-state index contributed by atoms with van der Waals surface area (Å²) >= 11 is 11.6. The van der Waals surface area contributed by atoms with Gasteiger partial charge in [-0.1, -0.05) is 23.2 Å². The average molecular weight is 271 g/mol. The molecule has 0 unspecified atom stereocenters. The topological polar surface area (TPSA) is 39.4 Å². The van der Waals surface area contributed by atoms with E-state index in [1.807, 2.05) is 0 Å². The summed E-state index contributed by atoms with van der Waals surface area (Å²) in [5, 5.41) is 0.736. The van der Waals surface area contributed by atoms with E-state index in [0.29, 0.717) is 10.8 Å². The first-order valence-electron chi connectivity index (χ1n) is 4.81. The van der Waals surface area contributed by atoms with Crippen LogP contribution in [-0.2, 0) is 11.3 Å². The van der Waals surface area contributed by atoms with Gasteiger partial charge in [0.2, 0.25) is 0 Å². The molecule has 0 N–H and O–H groups in total. The molecule has 0 radical (unpaired) electrons. The van der Waals surface area contributed by atoms with Crippen LogP contribution >= 0.6 is 23.2 Å². The molecule has 5 heteroatoms. The highest BCUT2D eigenvalue weighted by atomic mass is 35.5. The van der Waals surface area contributed by atoms with Crippen LogP contribution in [0.5, 0.6) is 0 Å². The molecule has 0 atom stereocenters. The minimum Gasteiger partial charge on any atom is -0.466 e. The van der Waals surface area contributed by atoms with Gasteiger partial charge in [0, 0.05) is 5.02 Å². The quantitative estimate of drug-likeness (QED) is 0.793. The van der Waals surface area contributed by atoms with Gasteiger partial charge in [-0.25, -0.2) is 4.79 Å². The highest BCUT2D eigenvalue weighted by molar-refractivity contribution is 6.36. The van der Waals surface area contributed by atoms with Crippen LogP contribution in [0.15, 0.2) is 41.0 Å². The van der Waals surface area contributed by atoms with E-state index < -0.39 is 5.97 Å². The number of halogens is 2. The standard InChI is InChI=1S/C12H8Cl2O3/c13-8-3-4-10(11(14)6-8)12(15)17-7-9-2-1-5-16-9/h1-6H,7H2. The zero-order valence-corrected chi connectivity index (χ0v) is 10.2. The van der Waals surface area contributed by atoms with Gasteiger partial charge in [-0.3, -0.25) is 0 Å². The van der Waals surface area contributed by atoms with Crippen LogP contribution in [0.4, 0.5) is 0 Å². The van der Waals surface area contributed by atoms with E-state index in [1.54, 1.807) is 18.2 Å². The number of furan rings is 1. The Hall–Kier alpha value is -1.45. The van der Waals surface area contributed by atoms with E-state index in [-0.39, 0.29) is 17.2 Å². The van der Waals surface area contributed by atoms with E-state index in [9.17, 15) is 4.79 Å². The molecule has 2 rings (SSSR count). The molecule has 0 saturated carbocycles. The number of ether oxygens (including phenoxy) is 1. The smallest absolute Gasteiger partial charge is 0.340 e. The molecule has 0 saturated heterocycles. The van der Waals surface area contributed by atoms with Crippen molar-refractivity contribution in [3.63, 3.8) is 0 Å². The van der Waals surface area contributed by atoms with Crippen molar-refractivity contribution in [3.8, 4) is 0 Å². The summed E-state index contributed by atoms with van der Waals surface area (Å²) < 4.78 is 10.1. The van der Waals surface area contributed by atoms with Crippen molar-refractivity contribution in [3.05, 3.63) is 58.0 Å². The van der Waals surface area contributed by atoms with Gasteiger partial charge < -0.3 is 9.15 Å². The van der Waals surface area contributed by atoms with Crippen LogP contribution in [0.25, 0.3) is 0 Å². The molecule has 1 aromatic heterocycles. The van der Waals surface area contributed by atoms with Crippen molar-refractivity contribution < 1.29 is 13.9 Å². The predicted octanol–water partition coefficient (Wildman–Crippen LogP) is 3.94. The van der Waals surface area contributed by atoms with Gasteiger partial charge >= 0.3 is 5.97 Å². The summed E-state index contributed by atoms with van der Waals surface area (Å²) in [6, 6.07) is 8.04. The second kappa shape index (κ2) is 5.25. The number of benzene rings is 1. The predicted molar refractivity (Wildman–Crippen MR) is 64.3 cm³/mol. The molecule has 0 amide bonds. The van der Waals surface area contributed by atoms with E-state index in [2.05, 4.69) is 0 Å². The summed E-state index contributed by atoms with van der Waals surface area (Å²) in [5.41, 5.74) is 0.280. The van der Waals surface area contributed by atoms with Crippen molar-refractivity contribution in [2.45, 2.75) is 6.61 Å². The van der Waals surface area contributed by atoms with Gasteiger partial charge in [0.15, 0.2) is 0 Å². The average Bonchev–Trinajstić information content (AvgIpc) is 2.78. The molecule has 2 aromatic rings. The molecule has 17 heavy (non-hydrogen) atoms. The third-order valence-electron chi connectivity index (χ3n) is 2.08. The van der Waals surface area contributed by atoms with Crippen LogP contribution in [0.2, 0.25) is 10.0 Å². The normalized spacial score (nSPS) is 10.2. The van der Waals surface area contributed by atoms with Crippen LogP contribution in [-0.4, -0.2) is 5.97 Å². The van der Waals surface area contributed by atoms with Crippen LogP contribution in [0.1, 0.15) is 16.1 Å². The Morgan fingerprint density at radius 3 is 2.76 bits per heavy atom. The van der Waals surface area contributed by atoms with Gasteiger partial charge in [-0.05, 0) is 30.3 Å². The zero-order chi connectivity index (χ0) is 12.3. The lowest BCUT2D eigenvalue weighted by Crippen LogP contribution is -2.05. The van der Waals surface area contributed by atoms with Gasteiger partial charge in [0.25, 0.3) is 0 Å². The second-order valence-electron chi connectivity index (χ2n) is 3.28. The lowest BCUT2D eigenvalue weighted by molar-refractivity contribution is 0.0446. The summed E-state index contributed by atoms with van der Waals surface area (Å²) in [4.78, 5) is 11.7. The maximum atomic E-state index is 11.7. The molecule has 0 aliphatic rings. The number of carbonyl (C=O) groups is 1. The number of esters is 1. The molecule has 1 aromatic carbocycles. The summed E-state index contributed by atoms with van der Waals surface area (Å²) in [7, 11) is 0. The number of hydrogen-bond acceptors (Lipinski definition) is 3. The fraction of sp³-hybridized carbons (Fsp3) is 0.0833. The molecule has 3 nitrogen and oxygen atoms in total. The maximum absolute atomic E-state index is 11.7. The van der Waals surface area contributed by atoms with Crippen LogP contribution in [0, 0.1) is 0 Å². The van der Waals surface area contributed by atoms with Gasteiger partial charge in [0.05, 0.1) is 16.8 Å². The minimum atomic E-state index is -0.511. The SMILES string of the molecule is O=C(OCc1ccco1)c1ccc(Cl)cc1Cl. The van der Waals surface area contributed by atoms with Crippen molar-refractivity contribution in [1.82, 2.24) is 0 Å². The number of rotatable bonds is 3. The van der Waals surface area contributed by atoms with E-state index in [0.717, 1.165) is 0 Å². The molecular formula is C12H8Cl2O3. The Labute approximate surface area is 108 Å². The Morgan fingerprint density at radius 2 is 2.12 bits per heavy atom. The van der Waals surface area contributed by atoms with Gasteiger partial charge in [-0.15, -0.1) is 0 Å². The second-order valence-corrected chi connectivity index (χ2v) is 4.12. The third kappa shape index (κ3) is 3.02. The van der Waals surface area contributed by atoms with Crippen molar-refractivity contribution in [2.24, 2.45) is 0 Å². The highest BCUT2D eigenvalue weighted by Gasteiger charge is 2.12. The Kier molecular flexibility index (Phi) is 3.71. The van der Waals surface area contributed by atoms with E-state index in [1.165, 1.54) is 18.4 Å². The van der Waals surface area contributed by atoms with Crippen molar-refractivity contribution in [2.75, 3.05) is 0 Å². The Morgan fingerprint density at radius 1 is 1.29 bits per heavy atom. The Balaban J connectivity index is 2.04. The number of carbonyl (C=O) groups excluding carboxylic acids is 1. The third-order valence-corrected chi connectivity index (χ3v) is 2.62. The highest BCUT2D eigenvalue weighted by Crippen LogP contribution is 2.22. The lowest BCUT2D eigenvalue weighted by atomic mass is 10.2. The Bertz CT molecular complexity index is 521. The summed E-state index contributed by atoms with van der Waals surface area (Å²) in [6.45, 7) is 0.0742. The first kappa shape index (κ1) is 12.0. The van der Waals surface area contributed by atoms with E-state index >= 15 is 0 Å². The molecule has 1 heterocycles. The lowest BCUT2D eigenvalue weighted by Gasteiger charge is -2.04. The summed E-state index contributed by atoms with van der Waals surface area (Å²) in [6.07, 6.45) is 1.51. The largest absolute Gasteiger partial charge is 0.466 e. The molecular weight excluding hydrogens is 263 g/mol. The molecule has 0 fully saturated rings. The maximum Gasteiger partial charge on any atom is 0.340 e. The van der Waals surface area contributed by atoms with Crippen LogP contribution < -0.4 is 0 Å². The van der Waals surface area contributed by atoms with Crippen molar-refractivity contribution >= 4 is 29.2 Å². The number of hydrogen-bond donors (Lipinski definition) is 0. The van der Waals surface area contributed by atoms with Gasteiger partial charge in [0.1, 0.15) is 12.4 Å². The fourth-order valence-corrected chi connectivity index (χ4v) is 1.75. The first-order valence-corrected chi connectivity index (χ1v) is 5.57. The van der Waals surface area contributed by atoms with E-state index in [4.69, 9.17) is 32.4 Å². The van der Waals surface area contributed by atoms with Crippen LogP contribution in [0.3, 0.4) is 0 Å². The fourth-order valence-electron chi connectivity index (χ4n) is 1.26.